The van der Waals surface area contributed by atoms with E-state index in [-0.39, 0.29) is 18.1 Å². The molecule has 2 aromatic carbocycles. The van der Waals surface area contributed by atoms with Crippen LogP contribution < -0.4 is 5.32 Å². The second kappa shape index (κ2) is 6.30. The maximum atomic E-state index is 11.9. The van der Waals surface area contributed by atoms with E-state index in [4.69, 9.17) is 5.26 Å². The zero-order valence-electron chi connectivity index (χ0n) is 10.9. The summed E-state index contributed by atoms with van der Waals surface area (Å²) in [5, 5.41) is 22.0. The third-order valence-electron chi connectivity index (χ3n) is 2.85. The standard InChI is InChI=1S/C15H11N3O3/c16-9-12-2-1-3-13(8-12)15(19)17-10-11-4-6-14(7-5-11)18(20)21/h1-8H,10H2,(H,17,19). The third kappa shape index (κ3) is 3.64. The Kier molecular flexibility index (Phi) is 4.26. The van der Waals surface area contributed by atoms with Gasteiger partial charge in [0.1, 0.15) is 0 Å². The Hall–Kier alpha value is -3.20. The first-order valence-corrected chi connectivity index (χ1v) is 6.12. The highest BCUT2D eigenvalue weighted by molar-refractivity contribution is 5.94. The number of rotatable bonds is 4. The van der Waals surface area contributed by atoms with Crippen LogP contribution in [0.25, 0.3) is 0 Å². The molecule has 0 saturated heterocycles. The summed E-state index contributed by atoms with van der Waals surface area (Å²) in [5.74, 6) is -0.301. The van der Waals surface area contributed by atoms with E-state index in [1.165, 1.54) is 18.2 Å². The quantitative estimate of drug-likeness (QED) is 0.687. The van der Waals surface area contributed by atoms with Crippen LogP contribution in [0.3, 0.4) is 0 Å². The summed E-state index contributed by atoms with van der Waals surface area (Å²) in [4.78, 5) is 22.0. The van der Waals surface area contributed by atoms with Gasteiger partial charge in [-0.15, -0.1) is 0 Å². The Morgan fingerprint density at radius 3 is 2.57 bits per heavy atom. The van der Waals surface area contributed by atoms with Gasteiger partial charge in [0.05, 0.1) is 16.6 Å². The second-order valence-electron chi connectivity index (χ2n) is 4.30. The molecule has 0 aromatic heterocycles. The molecule has 0 aliphatic carbocycles. The van der Waals surface area contributed by atoms with E-state index in [0.717, 1.165) is 5.56 Å². The molecule has 6 nitrogen and oxygen atoms in total. The van der Waals surface area contributed by atoms with Gasteiger partial charge in [0.15, 0.2) is 0 Å². The maximum Gasteiger partial charge on any atom is 0.269 e. The van der Waals surface area contributed by atoms with Gasteiger partial charge in [-0.3, -0.25) is 14.9 Å². The first-order chi connectivity index (χ1) is 10.1. The molecular weight excluding hydrogens is 270 g/mol. The van der Waals surface area contributed by atoms with Gasteiger partial charge < -0.3 is 5.32 Å². The van der Waals surface area contributed by atoms with E-state index in [9.17, 15) is 14.9 Å². The highest BCUT2D eigenvalue weighted by atomic mass is 16.6. The molecule has 6 heteroatoms. The van der Waals surface area contributed by atoms with E-state index >= 15 is 0 Å². The summed E-state index contributed by atoms with van der Waals surface area (Å²) in [7, 11) is 0. The molecule has 0 atom stereocenters. The Morgan fingerprint density at radius 2 is 1.95 bits per heavy atom. The second-order valence-corrected chi connectivity index (χ2v) is 4.30. The van der Waals surface area contributed by atoms with E-state index in [1.54, 1.807) is 30.3 Å². The van der Waals surface area contributed by atoms with Gasteiger partial charge in [0.25, 0.3) is 11.6 Å². The first kappa shape index (κ1) is 14.2. The number of carbonyl (C=O) groups excluding carboxylic acids is 1. The lowest BCUT2D eigenvalue weighted by molar-refractivity contribution is -0.384. The molecule has 0 aliphatic heterocycles. The average molecular weight is 281 g/mol. The number of hydrogen-bond donors (Lipinski definition) is 1. The van der Waals surface area contributed by atoms with Crippen molar-refractivity contribution in [3.63, 3.8) is 0 Å². The monoisotopic (exact) mass is 281 g/mol. The molecule has 2 aromatic rings. The van der Waals surface area contributed by atoms with E-state index in [0.29, 0.717) is 11.1 Å². The van der Waals surface area contributed by atoms with Gasteiger partial charge in [0, 0.05) is 24.2 Å². The first-order valence-electron chi connectivity index (χ1n) is 6.12. The summed E-state index contributed by atoms with van der Waals surface area (Å²) >= 11 is 0. The minimum Gasteiger partial charge on any atom is -0.348 e. The van der Waals surface area contributed by atoms with Gasteiger partial charge in [-0.25, -0.2) is 0 Å². The van der Waals surface area contributed by atoms with Crippen molar-refractivity contribution >= 4 is 11.6 Å². The Morgan fingerprint density at radius 1 is 1.24 bits per heavy atom. The van der Waals surface area contributed by atoms with Gasteiger partial charge in [-0.1, -0.05) is 18.2 Å². The normalized spacial score (nSPS) is 9.67. The topological polar surface area (TPSA) is 96.0 Å². The number of nitriles is 1. The summed E-state index contributed by atoms with van der Waals surface area (Å²) < 4.78 is 0. The number of amides is 1. The van der Waals surface area contributed by atoms with Crippen molar-refractivity contribution < 1.29 is 9.72 Å². The fourth-order valence-electron chi connectivity index (χ4n) is 1.75. The van der Waals surface area contributed by atoms with Crippen LogP contribution in [0.5, 0.6) is 0 Å². The SMILES string of the molecule is N#Cc1cccc(C(=O)NCc2ccc([N+](=O)[O-])cc2)c1. The van der Waals surface area contributed by atoms with Crippen molar-refractivity contribution in [3.8, 4) is 6.07 Å². The Balaban J connectivity index is 2.00. The lowest BCUT2D eigenvalue weighted by Gasteiger charge is -2.05. The van der Waals surface area contributed by atoms with Crippen LogP contribution in [-0.4, -0.2) is 10.8 Å². The van der Waals surface area contributed by atoms with Gasteiger partial charge >= 0.3 is 0 Å². The predicted octanol–water partition coefficient (Wildman–Crippen LogP) is 2.40. The van der Waals surface area contributed by atoms with Crippen LogP contribution >= 0.6 is 0 Å². The molecule has 104 valence electrons. The van der Waals surface area contributed by atoms with Crippen LogP contribution in [0.4, 0.5) is 5.69 Å². The molecule has 21 heavy (non-hydrogen) atoms. The summed E-state index contributed by atoms with van der Waals surface area (Å²) in [6, 6.07) is 14.3. The molecule has 0 fully saturated rings. The average Bonchev–Trinajstić information content (AvgIpc) is 2.53. The smallest absolute Gasteiger partial charge is 0.269 e. The molecule has 0 aliphatic rings. The Bertz CT molecular complexity index is 718. The summed E-state index contributed by atoms with van der Waals surface area (Å²) in [6.45, 7) is 0.258. The largest absolute Gasteiger partial charge is 0.348 e. The molecule has 0 bridgehead atoms. The molecule has 1 amide bonds. The number of hydrogen-bond acceptors (Lipinski definition) is 4. The van der Waals surface area contributed by atoms with Crippen LogP contribution in [0.15, 0.2) is 48.5 Å². The number of nitrogens with zero attached hydrogens (tertiary/aromatic N) is 2. The minimum absolute atomic E-state index is 0.00629. The number of nitro groups is 1. The summed E-state index contributed by atoms with van der Waals surface area (Å²) in [6.07, 6.45) is 0. The minimum atomic E-state index is -0.476. The molecular formula is C15H11N3O3. The zero-order chi connectivity index (χ0) is 15.2. The number of nitrogens with one attached hydrogen (secondary N) is 1. The lowest BCUT2D eigenvalue weighted by atomic mass is 10.1. The van der Waals surface area contributed by atoms with Crippen molar-refractivity contribution in [1.82, 2.24) is 5.32 Å². The fourth-order valence-corrected chi connectivity index (χ4v) is 1.75. The van der Waals surface area contributed by atoms with E-state index in [2.05, 4.69) is 5.32 Å². The van der Waals surface area contributed by atoms with Crippen LogP contribution in [0.2, 0.25) is 0 Å². The molecule has 0 saturated carbocycles. The van der Waals surface area contributed by atoms with Crippen molar-refractivity contribution in [2.24, 2.45) is 0 Å². The van der Waals surface area contributed by atoms with E-state index in [1.807, 2.05) is 6.07 Å². The van der Waals surface area contributed by atoms with Gasteiger partial charge in [-0.2, -0.15) is 5.26 Å². The van der Waals surface area contributed by atoms with Gasteiger partial charge in [-0.05, 0) is 23.8 Å². The number of carbonyl (C=O) groups is 1. The lowest BCUT2D eigenvalue weighted by Crippen LogP contribution is -2.22. The van der Waals surface area contributed by atoms with Crippen molar-refractivity contribution in [2.45, 2.75) is 6.54 Å². The molecule has 2 rings (SSSR count). The van der Waals surface area contributed by atoms with Gasteiger partial charge in [0.2, 0.25) is 0 Å². The number of non-ortho nitro benzene ring substituents is 1. The summed E-state index contributed by atoms with van der Waals surface area (Å²) in [5.41, 5.74) is 1.58. The molecule has 0 unspecified atom stereocenters. The van der Waals surface area contributed by atoms with Crippen molar-refractivity contribution in [2.75, 3.05) is 0 Å². The molecule has 0 heterocycles. The molecule has 1 N–H and O–H groups in total. The Labute approximate surface area is 120 Å². The maximum absolute atomic E-state index is 11.9. The van der Waals surface area contributed by atoms with Crippen molar-refractivity contribution in [3.05, 3.63) is 75.3 Å². The number of benzene rings is 2. The zero-order valence-corrected chi connectivity index (χ0v) is 10.9. The van der Waals surface area contributed by atoms with Crippen molar-refractivity contribution in [1.29, 1.82) is 5.26 Å². The highest BCUT2D eigenvalue weighted by Crippen LogP contribution is 2.12. The third-order valence-corrected chi connectivity index (χ3v) is 2.85. The van der Waals surface area contributed by atoms with Crippen LogP contribution in [-0.2, 0) is 6.54 Å². The number of nitro benzene ring substituents is 1. The molecule has 0 radical (unpaired) electrons. The fraction of sp³-hybridized carbons (Fsp3) is 0.0667. The molecule has 0 spiro atoms. The highest BCUT2D eigenvalue weighted by Gasteiger charge is 2.07. The van der Waals surface area contributed by atoms with Crippen LogP contribution in [0, 0.1) is 21.4 Å². The van der Waals surface area contributed by atoms with E-state index < -0.39 is 4.92 Å². The predicted molar refractivity (Wildman–Crippen MR) is 75.4 cm³/mol. The van der Waals surface area contributed by atoms with Crippen LogP contribution in [0.1, 0.15) is 21.5 Å².